The average Bonchev–Trinajstić information content (AvgIpc) is 2.62. The predicted molar refractivity (Wildman–Crippen MR) is 99.5 cm³/mol. The minimum atomic E-state index is -0.345. The van der Waals surface area contributed by atoms with Crippen LogP contribution in [0.25, 0.3) is 0 Å². The molecule has 3 rings (SSSR count). The Bertz CT molecular complexity index is 774. The Morgan fingerprint density at radius 1 is 1.20 bits per heavy atom. The maximum Gasteiger partial charge on any atom is 0.246 e. The zero-order valence-corrected chi connectivity index (χ0v) is 14.6. The van der Waals surface area contributed by atoms with Crippen LogP contribution in [0.2, 0.25) is 0 Å². The summed E-state index contributed by atoms with van der Waals surface area (Å²) in [6, 6.07) is 15.1. The number of fused-ring (bicyclic) bond motifs is 1. The molecule has 130 valence electrons. The van der Waals surface area contributed by atoms with Crippen molar-refractivity contribution in [2.45, 2.75) is 25.8 Å². The van der Waals surface area contributed by atoms with E-state index in [1.165, 1.54) is 0 Å². The quantitative estimate of drug-likeness (QED) is 0.881. The molecule has 25 heavy (non-hydrogen) atoms. The van der Waals surface area contributed by atoms with Crippen LogP contribution in [0.1, 0.15) is 30.5 Å². The molecule has 2 aromatic rings. The molecule has 0 bridgehead atoms. The van der Waals surface area contributed by atoms with E-state index in [9.17, 15) is 9.59 Å². The monoisotopic (exact) mass is 337 g/mol. The van der Waals surface area contributed by atoms with E-state index < -0.39 is 0 Å². The molecule has 5 heteroatoms. The number of nitrogens with one attached hydrogen (secondary N) is 2. The molecule has 2 aromatic carbocycles. The van der Waals surface area contributed by atoms with Crippen LogP contribution in [0, 0.1) is 0 Å². The van der Waals surface area contributed by atoms with Crippen molar-refractivity contribution >= 4 is 23.2 Å². The fourth-order valence-electron chi connectivity index (χ4n) is 3.10. The first-order valence-electron chi connectivity index (χ1n) is 8.57. The fraction of sp³-hybridized carbons (Fsp3) is 0.300. The van der Waals surface area contributed by atoms with Crippen molar-refractivity contribution in [2.75, 3.05) is 24.2 Å². The van der Waals surface area contributed by atoms with Gasteiger partial charge in [0.15, 0.2) is 0 Å². The van der Waals surface area contributed by atoms with Crippen LogP contribution in [0.15, 0.2) is 48.5 Å². The second-order valence-electron chi connectivity index (χ2n) is 6.30. The lowest BCUT2D eigenvalue weighted by molar-refractivity contribution is -0.121. The van der Waals surface area contributed by atoms with E-state index in [0.717, 1.165) is 29.0 Å². The number of benzene rings is 2. The van der Waals surface area contributed by atoms with Gasteiger partial charge < -0.3 is 10.6 Å². The first-order valence-corrected chi connectivity index (χ1v) is 8.57. The van der Waals surface area contributed by atoms with Crippen molar-refractivity contribution in [1.29, 1.82) is 0 Å². The molecule has 0 aromatic heterocycles. The molecule has 0 unspecified atom stereocenters. The molecule has 1 heterocycles. The highest BCUT2D eigenvalue weighted by Crippen LogP contribution is 2.27. The summed E-state index contributed by atoms with van der Waals surface area (Å²) < 4.78 is 0. The van der Waals surface area contributed by atoms with Gasteiger partial charge in [-0.25, -0.2) is 0 Å². The van der Waals surface area contributed by atoms with Crippen LogP contribution in [-0.2, 0) is 16.0 Å². The van der Waals surface area contributed by atoms with Gasteiger partial charge in [0, 0.05) is 17.8 Å². The van der Waals surface area contributed by atoms with E-state index in [-0.39, 0.29) is 17.9 Å². The van der Waals surface area contributed by atoms with Crippen LogP contribution < -0.4 is 10.6 Å². The van der Waals surface area contributed by atoms with Crippen LogP contribution >= 0.6 is 0 Å². The van der Waals surface area contributed by atoms with Gasteiger partial charge in [-0.2, -0.15) is 0 Å². The van der Waals surface area contributed by atoms with Crippen molar-refractivity contribution in [1.82, 2.24) is 4.90 Å². The number of hydrogen-bond donors (Lipinski definition) is 2. The van der Waals surface area contributed by atoms with E-state index >= 15 is 0 Å². The topological polar surface area (TPSA) is 61.4 Å². The number of carbonyl (C=O) groups excluding carboxylic acids is 2. The van der Waals surface area contributed by atoms with E-state index in [0.29, 0.717) is 12.8 Å². The molecule has 2 amide bonds. The van der Waals surface area contributed by atoms with Gasteiger partial charge in [0.05, 0.1) is 0 Å². The molecule has 1 aliphatic heterocycles. The SMILES string of the molecule is CCN(C)[C@@H](C(=O)Nc1ccc2c(c1)CCC(=O)N2)c1ccccc1. The maximum atomic E-state index is 12.9. The van der Waals surface area contributed by atoms with E-state index in [4.69, 9.17) is 0 Å². The molecular formula is C20H23N3O2. The average molecular weight is 337 g/mol. The fourth-order valence-corrected chi connectivity index (χ4v) is 3.10. The smallest absolute Gasteiger partial charge is 0.246 e. The van der Waals surface area contributed by atoms with E-state index in [2.05, 4.69) is 10.6 Å². The van der Waals surface area contributed by atoms with E-state index in [1.54, 1.807) is 0 Å². The van der Waals surface area contributed by atoms with Crippen LogP contribution in [-0.4, -0.2) is 30.3 Å². The lowest BCUT2D eigenvalue weighted by atomic mass is 10.0. The number of amides is 2. The third-order valence-corrected chi connectivity index (χ3v) is 4.57. The number of aryl methyl sites for hydroxylation is 1. The Morgan fingerprint density at radius 2 is 1.96 bits per heavy atom. The third kappa shape index (κ3) is 3.88. The van der Waals surface area contributed by atoms with Crippen LogP contribution in [0.4, 0.5) is 11.4 Å². The molecular weight excluding hydrogens is 314 g/mol. The lowest BCUT2D eigenvalue weighted by Gasteiger charge is -2.26. The van der Waals surface area contributed by atoms with E-state index in [1.807, 2.05) is 67.4 Å². The van der Waals surface area contributed by atoms with Crippen molar-refractivity contribution in [3.8, 4) is 0 Å². The van der Waals surface area contributed by atoms with Gasteiger partial charge in [-0.05, 0) is 49.3 Å². The van der Waals surface area contributed by atoms with Gasteiger partial charge in [0.1, 0.15) is 6.04 Å². The summed E-state index contributed by atoms with van der Waals surface area (Å²) in [5.41, 5.74) is 3.61. The van der Waals surface area contributed by atoms with Gasteiger partial charge in [0.2, 0.25) is 11.8 Å². The Hall–Kier alpha value is -2.66. The van der Waals surface area contributed by atoms with Crippen LogP contribution in [0.5, 0.6) is 0 Å². The summed E-state index contributed by atoms with van der Waals surface area (Å²) in [4.78, 5) is 26.4. The molecule has 2 N–H and O–H groups in total. The molecule has 1 aliphatic rings. The Morgan fingerprint density at radius 3 is 2.68 bits per heavy atom. The molecule has 0 saturated heterocycles. The van der Waals surface area contributed by atoms with Gasteiger partial charge >= 0.3 is 0 Å². The highest BCUT2D eigenvalue weighted by atomic mass is 16.2. The van der Waals surface area contributed by atoms with Gasteiger partial charge in [-0.1, -0.05) is 37.3 Å². The first-order chi connectivity index (χ1) is 12.1. The number of carbonyl (C=O) groups is 2. The van der Waals surface area contributed by atoms with Gasteiger partial charge in [0.25, 0.3) is 0 Å². The number of rotatable bonds is 5. The standard InChI is InChI=1S/C20H23N3O2/c1-3-23(2)19(14-7-5-4-6-8-14)20(25)21-16-10-11-17-15(13-16)9-12-18(24)22-17/h4-8,10-11,13,19H,3,9,12H2,1-2H3,(H,21,25)(H,22,24)/t19-/m1/s1. The molecule has 5 nitrogen and oxygen atoms in total. The highest BCUT2D eigenvalue weighted by Gasteiger charge is 2.24. The Balaban J connectivity index is 1.81. The number of hydrogen-bond acceptors (Lipinski definition) is 3. The van der Waals surface area contributed by atoms with Crippen LogP contribution in [0.3, 0.4) is 0 Å². The van der Waals surface area contributed by atoms with Crippen molar-refractivity contribution < 1.29 is 9.59 Å². The molecule has 0 spiro atoms. The van der Waals surface area contributed by atoms with Crippen molar-refractivity contribution in [3.63, 3.8) is 0 Å². The van der Waals surface area contributed by atoms with Gasteiger partial charge in [-0.3, -0.25) is 14.5 Å². The number of likely N-dealkylation sites (N-methyl/N-ethyl adjacent to an activating group) is 1. The second-order valence-corrected chi connectivity index (χ2v) is 6.30. The Labute approximate surface area is 148 Å². The predicted octanol–water partition coefficient (Wildman–Crippen LogP) is 3.20. The lowest BCUT2D eigenvalue weighted by Crippen LogP contribution is -2.34. The molecule has 0 radical (unpaired) electrons. The summed E-state index contributed by atoms with van der Waals surface area (Å²) in [5, 5.41) is 5.88. The van der Waals surface area contributed by atoms with Crippen molar-refractivity contribution in [3.05, 3.63) is 59.7 Å². The number of nitrogens with zero attached hydrogens (tertiary/aromatic N) is 1. The summed E-state index contributed by atoms with van der Waals surface area (Å²) >= 11 is 0. The zero-order valence-electron chi connectivity index (χ0n) is 14.6. The molecule has 0 saturated carbocycles. The summed E-state index contributed by atoms with van der Waals surface area (Å²) in [7, 11) is 1.94. The molecule has 0 fully saturated rings. The largest absolute Gasteiger partial charge is 0.326 e. The number of anilines is 2. The summed E-state index contributed by atoms with van der Waals surface area (Å²) in [6.07, 6.45) is 1.18. The second kappa shape index (κ2) is 7.49. The maximum absolute atomic E-state index is 12.9. The zero-order chi connectivity index (χ0) is 17.8. The first kappa shape index (κ1) is 17.2. The summed E-state index contributed by atoms with van der Waals surface area (Å²) in [6.45, 7) is 2.80. The minimum absolute atomic E-state index is 0.0398. The highest BCUT2D eigenvalue weighted by molar-refractivity contribution is 5.97. The summed E-state index contributed by atoms with van der Waals surface area (Å²) in [5.74, 6) is -0.0201. The van der Waals surface area contributed by atoms with Crippen molar-refractivity contribution in [2.24, 2.45) is 0 Å². The Kier molecular flexibility index (Phi) is 5.14. The normalized spacial score (nSPS) is 14.6. The molecule has 0 aliphatic carbocycles. The third-order valence-electron chi connectivity index (χ3n) is 4.57. The minimum Gasteiger partial charge on any atom is -0.326 e. The van der Waals surface area contributed by atoms with Gasteiger partial charge in [-0.15, -0.1) is 0 Å². The molecule has 1 atom stereocenters.